The molecule has 1 heterocycles. The molecule has 0 aliphatic rings. The number of carbonyl (C=O) groups is 1. The third-order valence-corrected chi connectivity index (χ3v) is 7.77. The van der Waals surface area contributed by atoms with Crippen molar-refractivity contribution >= 4 is 14.6 Å². The Morgan fingerprint density at radius 1 is 1.00 bits per heavy atom. The van der Waals surface area contributed by atoms with E-state index in [4.69, 9.17) is 18.3 Å². The summed E-state index contributed by atoms with van der Waals surface area (Å²) in [6.07, 6.45) is 0.912. The molecule has 0 aliphatic carbocycles. The summed E-state index contributed by atoms with van der Waals surface area (Å²) in [7, 11) is -0.373. The topological polar surface area (TPSA) is 75.0 Å². The van der Waals surface area contributed by atoms with Gasteiger partial charge in [-0.2, -0.15) is 0 Å². The van der Waals surface area contributed by atoms with Crippen molar-refractivity contribution in [2.24, 2.45) is 11.8 Å². The summed E-state index contributed by atoms with van der Waals surface area (Å²) in [6, 6.07) is 7.71. The predicted octanol–water partition coefficient (Wildman–Crippen LogP) is 6.21. The van der Waals surface area contributed by atoms with Crippen molar-refractivity contribution < 1.29 is 23.1 Å². The Bertz CT molecular complexity index is 1050. The molecule has 0 N–H and O–H groups in total. The van der Waals surface area contributed by atoms with Crippen molar-refractivity contribution in [3.05, 3.63) is 62.7 Å². The van der Waals surface area contributed by atoms with Crippen LogP contribution >= 0.6 is 0 Å². The zero-order chi connectivity index (χ0) is 27.2. The van der Waals surface area contributed by atoms with Crippen LogP contribution in [0.25, 0.3) is 0 Å². The fourth-order valence-electron chi connectivity index (χ4n) is 4.76. The molecule has 1 aromatic heterocycles. The molecular formula is C29H44O6Si. The minimum atomic E-state index is -2.01. The van der Waals surface area contributed by atoms with Gasteiger partial charge in [0.2, 0.25) is 0 Å². The summed E-state index contributed by atoms with van der Waals surface area (Å²) in [5, 5.41) is 0. The van der Waals surface area contributed by atoms with Crippen LogP contribution in [0.3, 0.4) is 0 Å². The van der Waals surface area contributed by atoms with E-state index in [2.05, 4.69) is 26.6 Å². The summed E-state index contributed by atoms with van der Waals surface area (Å²) < 4.78 is 24.7. The Kier molecular flexibility index (Phi) is 10.7. The third-order valence-electron chi connectivity index (χ3n) is 6.79. The second-order valence-electron chi connectivity index (χ2n) is 10.8. The van der Waals surface area contributed by atoms with E-state index in [1.807, 2.05) is 58.9 Å². The first-order valence-corrected chi connectivity index (χ1v) is 16.3. The Balaban J connectivity index is 2.45. The SMILES string of the molecule is CCc1oc([C@@H](C)[C@@H](O[Si](C)(C)C)[C@H](C)[C@H](OCc2ccc(OC)cc2)[C@H](C)C=O)c(C)c(=O)c1C. The van der Waals surface area contributed by atoms with E-state index in [9.17, 15) is 9.59 Å². The molecule has 2 aromatic rings. The number of hydrogen-bond acceptors (Lipinski definition) is 6. The van der Waals surface area contributed by atoms with E-state index in [1.165, 1.54) is 0 Å². The molecule has 0 unspecified atom stereocenters. The second kappa shape index (κ2) is 12.8. The number of aldehydes is 1. The summed E-state index contributed by atoms with van der Waals surface area (Å²) in [4.78, 5) is 24.9. The van der Waals surface area contributed by atoms with Crippen molar-refractivity contribution in [1.82, 2.24) is 0 Å². The Morgan fingerprint density at radius 2 is 1.61 bits per heavy atom. The van der Waals surface area contributed by atoms with E-state index in [0.29, 0.717) is 35.7 Å². The third kappa shape index (κ3) is 7.40. The number of benzene rings is 1. The summed E-state index contributed by atoms with van der Waals surface area (Å²) in [5.74, 6) is 1.47. The maximum Gasteiger partial charge on any atom is 0.191 e. The van der Waals surface area contributed by atoms with Gasteiger partial charge in [0.05, 0.1) is 25.9 Å². The van der Waals surface area contributed by atoms with Crippen LogP contribution in [0.4, 0.5) is 0 Å². The number of aryl methyl sites for hydroxylation is 1. The van der Waals surface area contributed by atoms with Crippen LogP contribution in [0.15, 0.2) is 33.5 Å². The number of hydrogen-bond donors (Lipinski definition) is 0. The monoisotopic (exact) mass is 516 g/mol. The summed E-state index contributed by atoms with van der Waals surface area (Å²) in [6.45, 7) is 18.4. The lowest BCUT2D eigenvalue weighted by Gasteiger charge is -2.39. The van der Waals surface area contributed by atoms with Gasteiger partial charge in [0.1, 0.15) is 23.6 Å². The van der Waals surface area contributed by atoms with E-state index in [0.717, 1.165) is 17.6 Å². The van der Waals surface area contributed by atoms with Crippen molar-refractivity contribution in [1.29, 1.82) is 0 Å². The first-order chi connectivity index (χ1) is 16.8. The highest BCUT2D eigenvalue weighted by molar-refractivity contribution is 6.69. The first-order valence-electron chi connectivity index (χ1n) is 12.8. The minimum absolute atomic E-state index is 0.0212. The zero-order valence-corrected chi connectivity index (χ0v) is 24.6. The molecule has 0 spiro atoms. The van der Waals surface area contributed by atoms with Crippen molar-refractivity contribution in [3.8, 4) is 5.75 Å². The van der Waals surface area contributed by atoms with Crippen LogP contribution in [-0.2, 0) is 27.0 Å². The van der Waals surface area contributed by atoms with Gasteiger partial charge in [-0.15, -0.1) is 0 Å². The normalized spacial score (nSPS) is 16.2. The van der Waals surface area contributed by atoms with Gasteiger partial charge in [-0.25, -0.2) is 0 Å². The molecule has 200 valence electrons. The maximum absolute atomic E-state index is 13.0. The van der Waals surface area contributed by atoms with Gasteiger partial charge in [0.15, 0.2) is 13.7 Å². The summed E-state index contributed by atoms with van der Waals surface area (Å²) in [5.41, 5.74) is 2.30. The molecule has 0 amide bonds. The molecule has 6 nitrogen and oxygen atoms in total. The van der Waals surface area contributed by atoms with Gasteiger partial charge >= 0.3 is 0 Å². The van der Waals surface area contributed by atoms with E-state index in [-0.39, 0.29) is 35.4 Å². The molecule has 0 bridgehead atoms. The minimum Gasteiger partial charge on any atom is -0.497 e. The molecule has 1 aromatic carbocycles. The molecule has 0 aliphatic heterocycles. The van der Waals surface area contributed by atoms with Crippen LogP contribution in [0.2, 0.25) is 19.6 Å². The molecular weight excluding hydrogens is 472 g/mol. The molecule has 0 saturated carbocycles. The van der Waals surface area contributed by atoms with Crippen molar-refractivity contribution in [3.63, 3.8) is 0 Å². The van der Waals surface area contributed by atoms with Gasteiger partial charge in [-0.05, 0) is 51.2 Å². The summed E-state index contributed by atoms with van der Waals surface area (Å²) >= 11 is 0. The van der Waals surface area contributed by atoms with Crippen LogP contribution in [-0.4, -0.2) is 33.9 Å². The highest BCUT2D eigenvalue weighted by Gasteiger charge is 2.39. The Morgan fingerprint density at radius 3 is 2.11 bits per heavy atom. The van der Waals surface area contributed by atoms with Crippen LogP contribution in [0, 0.1) is 25.7 Å². The average Bonchev–Trinajstić information content (AvgIpc) is 2.85. The quantitative estimate of drug-likeness (QED) is 0.233. The molecule has 2 rings (SSSR count). The molecule has 36 heavy (non-hydrogen) atoms. The maximum atomic E-state index is 13.0. The van der Waals surface area contributed by atoms with Crippen molar-refractivity contribution in [2.75, 3.05) is 7.11 Å². The molecule has 0 fully saturated rings. The zero-order valence-electron chi connectivity index (χ0n) is 23.6. The van der Waals surface area contributed by atoms with Crippen LogP contribution in [0.1, 0.15) is 61.8 Å². The number of methoxy groups -OCH3 is 1. The Hall–Kier alpha value is -2.22. The van der Waals surface area contributed by atoms with E-state index in [1.54, 1.807) is 7.11 Å². The predicted molar refractivity (Wildman–Crippen MR) is 146 cm³/mol. The lowest BCUT2D eigenvalue weighted by atomic mass is 9.82. The van der Waals surface area contributed by atoms with Gasteiger partial charge < -0.3 is 23.1 Å². The van der Waals surface area contributed by atoms with Crippen molar-refractivity contribution in [2.45, 2.75) is 92.3 Å². The number of carbonyl (C=O) groups excluding carboxylic acids is 1. The standard InChI is InChI=1S/C29H44O6Si/c1-11-25-19(3)26(31)20(4)28(34-25)22(6)29(35-36(8,9)10)21(5)27(18(2)16-30)33-17-23-12-14-24(32-7)15-13-23/h12-16,18,21-22,27,29H,11,17H2,1-10H3/t18-,21-,22-,27-,29+/m1/s1. The fourth-order valence-corrected chi connectivity index (χ4v) is 6.00. The molecule has 0 radical (unpaired) electrons. The lowest BCUT2D eigenvalue weighted by molar-refractivity contribution is -0.121. The molecule has 5 atom stereocenters. The highest BCUT2D eigenvalue weighted by atomic mass is 28.4. The lowest BCUT2D eigenvalue weighted by Crippen LogP contribution is -2.45. The smallest absolute Gasteiger partial charge is 0.191 e. The van der Waals surface area contributed by atoms with E-state index >= 15 is 0 Å². The van der Waals surface area contributed by atoms with Gasteiger partial charge in [0.25, 0.3) is 0 Å². The number of ether oxygens (including phenoxy) is 2. The van der Waals surface area contributed by atoms with Gasteiger partial charge in [-0.1, -0.05) is 39.8 Å². The van der Waals surface area contributed by atoms with Gasteiger partial charge in [-0.3, -0.25) is 4.79 Å². The van der Waals surface area contributed by atoms with E-state index < -0.39 is 8.32 Å². The largest absolute Gasteiger partial charge is 0.497 e. The van der Waals surface area contributed by atoms with Crippen LogP contribution < -0.4 is 10.2 Å². The number of rotatable bonds is 13. The molecule has 7 heteroatoms. The molecule has 0 saturated heterocycles. The highest BCUT2D eigenvalue weighted by Crippen LogP contribution is 2.35. The first kappa shape index (κ1) is 30.0. The van der Waals surface area contributed by atoms with Crippen LogP contribution in [0.5, 0.6) is 5.75 Å². The average molecular weight is 517 g/mol. The van der Waals surface area contributed by atoms with Gasteiger partial charge in [0, 0.05) is 35.3 Å². The second-order valence-corrected chi connectivity index (χ2v) is 15.2. The Labute approximate surface area is 217 Å². The fraction of sp³-hybridized carbons (Fsp3) is 0.586.